The molecule has 7 nitrogen and oxygen atoms in total. The van der Waals surface area contributed by atoms with Crippen molar-refractivity contribution in [3.8, 4) is 0 Å². The molecular formula is C17H24N2O5S. The molecule has 2 N–H and O–H groups in total. The maximum absolute atomic E-state index is 11.8. The predicted molar refractivity (Wildman–Crippen MR) is 96.0 cm³/mol. The van der Waals surface area contributed by atoms with Crippen LogP contribution in [-0.2, 0) is 24.3 Å². The van der Waals surface area contributed by atoms with Crippen LogP contribution in [0.2, 0.25) is 0 Å². The average Bonchev–Trinajstić information content (AvgIpc) is 2.58. The smallest absolute Gasteiger partial charge is 0.321 e. The molecule has 0 radical (unpaired) electrons. The number of unbranched alkanes of at least 4 members (excludes halogenated alkanes) is 1. The molecule has 0 bridgehead atoms. The Hall–Kier alpha value is -2.19. The summed E-state index contributed by atoms with van der Waals surface area (Å²) in [7, 11) is -3.77. The lowest BCUT2D eigenvalue weighted by atomic mass is 10.2. The average molecular weight is 368 g/mol. The minimum absolute atomic E-state index is 0.413. The molecule has 1 aromatic carbocycles. The standard InChI is InChI=1S/C17H24N2O5S/c1-3-4-10-18-16(20)13-24-17(21)12-19-25(22,23)11-9-15-7-5-14(2)6-8-15/h5-9,11,19H,3-4,10,12-13H2,1-2H3,(H,18,20)/b11-9+. The fourth-order valence-electron chi connectivity index (χ4n) is 1.71. The van der Waals surface area contributed by atoms with Gasteiger partial charge in [-0.15, -0.1) is 0 Å². The highest BCUT2D eigenvalue weighted by atomic mass is 32.2. The second-order valence-corrected chi connectivity index (χ2v) is 7.09. The second-order valence-electron chi connectivity index (χ2n) is 5.44. The molecule has 8 heteroatoms. The number of rotatable bonds is 10. The largest absolute Gasteiger partial charge is 0.455 e. The van der Waals surface area contributed by atoms with Crippen LogP contribution in [0.1, 0.15) is 30.9 Å². The van der Waals surface area contributed by atoms with Crippen molar-refractivity contribution in [1.82, 2.24) is 10.0 Å². The summed E-state index contributed by atoms with van der Waals surface area (Å²) >= 11 is 0. The van der Waals surface area contributed by atoms with Crippen LogP contribution < -0.4 is 10.0 Å². The molecule has 1 aromatic rings. The first kappa shape index (κ1) is 20.9. The monoisotopic (exact) mass is 368 g/mol. The zero-order valence-corrected chi connectivity index (χ0v) is 15.3. The van der Waals surface area contributed by atoms with Crippen molar-refractivity contribution in [3.63, 3.8) is 0 Å². The molecule has 0 atom stereocenters. The first-order valence-electron chi connectivity index (χ1n) is 7.99. The zero-order chi connectivity index (χ0) is 18.7. The summed E-state index contributed by atoms with van der Waals surface area (Å²) in [5.74, 6) is -1.23. The van der Waals surface area contributed by atoms with E-state index in [9.17, 15) is 18.0 Å². The molecule has 0 spiro atoms. The molecule has 1 amide bonds. The normalized spacial score (nSPS) is 11.4. The van der Waals surface area contributed by atoms with E-state index in [-0.39, 0.29) is 0 Å². The van der Waals surface area contributed by atoms with E-state index in [4.69, 9.17) is 4.74 Å². The predicted octanol–water partition coefficient (Wildman–Crippen LogP) is 1.34. The molecular weight excluding hydrogens is 344 g/mol. The maximum Gasteiger partial charge on any atom is 0.321 e. The maximum atomic E-state index is 11.8. The van der Waals surface area contributed by atoms with Gasteiger partial charge in [0.2, 0.25) is 10.0 Å². The number of sulfonamides is 1. The highest BCUT2D eigenvalue weighted by molar-refractivity contribution is 7.92. The van der Waals surface area contributed by atoms with E-state index < -0.39 is 35.1 Å². The summed E-state index contributed by atoms with van der Waals surface area (Å²) in [6.45, 7) is 3.47. The first-order chi connectivity index (χ1) is 11.8. The van der Waals surface area contributed by atoms with Crippen LogP contribution in [0.5, 0.6) is 0 Å². The van der Waals surface area contributed by atoms with Gasteiger partial charge in [-0.3, -0.25) is 9.59 Å². The van der Waals surface area contributed by atoms with Gasteiger partial charge in [0.05, 0.1) is 0 Å². The number of amides is 1. The van der Waals surface area contributed by atoms with Gasteiger partial charge in [0.25, 0.3) is 5.91 Å². The fraction of sp³-hybridized carbons (Fsp3) is 0.412. The van der Waals surface area contributed by atoms with E-state index in [1.54, 1.807) is 12.1 Å². The summed E-state index contributed by atoms with van der Waals surface area (Å²) in [4.78, 5) is 22.9. The molecule has 0 saturated carbocycles. The van der Waals surface area contributed by atoms with E-state index in [1.165, 1.54) is 6.08 Å². The van der Waals surface area contributed by atoms with Crippen molar-refractivity contribution in [2.24, 2.45) is 0 Å². The molecule has 0 saturated heterocycles. The molecule has 0 aliphatic carbocycles. The number of ether oxygens (including phenoxy) is 1. The third-order valence-electron chi connectivity index (χ3n) is 3.15. The SMILES string of the molecule is CCCCNC(=O)COC(=O)CNS(=O)(=O)/C=C/c1ccc(C)cc1. The Morgan fingerprint density at radius 3 is 2.52 bits per heavy atom. The zero-order valence-electron chi connectivity index (χ0n) is 14.4. The lowest BCUT2D eigenvalue weighted by Gasteiger charge is -2.06. The van der Waals surface area contributed by atoms with Gasteiger partial charge in [0.15, 0.2) is 6.61 Å². The van der Waals surface area contributed by atoms with Crippen molar-refractivity contribution in [2.45, 2.75) is 26.7 Å². The van der Waals surface area contributed by atoms with E-state index in [0.29, 0.717) is 6.54 Å². The van der Waals surface area contributed by atoms with E-state index in [2.05, 4.69) is 10.0 Å². The van der Waals surface area contributed by atoms with E-state index >= 15 is 0 Å². The molecule has 0 aromatic heterocycles. The minimum atomic E-state index is -3.77. The highest BCUT2D eigenvalue weighted by Gasteiger charge is 2.11. The topological polar surface area (TPSA) is 102 Å². The van der Waals surface area contributed by atoms with Crippen LogP contribution >= 0.6 is 0 Å². The molecule has 0 unspecified atom stereocenters. The quantitative estimate of drug-likeness (QED) is 0.479. The molecule has 0 aliphatic heterocycles. The van der Waals surface area contributed by atoms with Crippen molar-refractivity contribution in [3.05, 3.63) is 40.8 Å². The number of hydrogen-bond acceptors (Lipinski definition) is 5. The number of benzene rings is 1. The Bertz CT molecular complexity index is 696. The lowest BCUT2D eigenvalue weighted by molar-refractivity contribution is -0.147. The number of carbonyl (C=O) groups is 2. The van der Waals surface area contributed by atoms with Crippen LogP contribution in [0, 0.1) is 6.92 Å². The van der Waals surface area contributed by atoms with Gasteiger partial charge in [-0.2, -0.15) is 0 Å². The van der Waals surface area contributed by atoms with Crippen LogP contribution in [0.15, 0.2) is 29.7 Å². The van der Waals surface area contributed by atoms with E-state index in [0.717, 1.165) is 29.4 Å². The van der Waals surface area contributed by atoms with Crippen molar-refractivity contribution >= 4 is 28.0 Å². The first-order valence-corrected chi connectivity index (χ1v) is 9.54. The molecule has 0 aliphatic rings. The van der Waals surface area contributed by atoms with Crippen LogP contribution in [0.4, 0.5) is 0 Å². The molecule has 0 heterocycles. The number of esters is 1. The van der Waals surface area contributed by atoms with Crippen LogP contribution in [0.3, 0.4) is 0 Å². The number of nitrogens with one attached hydrogen (secondary N) is 2. The van der Waals surface area contributed by atoms with Gasteiger partial charge in [0.1, 0.15) is 6.54 Å². The molecule has 0 fully saturated rings. The summed E-state index contributed by atoms with van der Waals surface area (Å²) in [5.41, 5.74) is 1.79. The molecule has 1 rings (SSSR count). The van der Waals surface area contributed by atoms with Gasteiger partial charge in [-0.1, -0.05) is 43.2 Å². The minimum Gasteiger partial charge on any atom is -0.455 e. The third kappa shape index (κ3) is 9.63. The number of aryl methyl sites for hydroxylation is 1. The third-order valence-corrected chi connectivity index (χ3v) is 4.19. The van der Waals surface area contributed by atoms with Crippen LogP contribution in [0.25, 0.3) is 6.08 Å². The molecule has 138 valence electrons. The summed E-state index contributed by atoms with van der Waals surface area (Å²) in [6.07, 6.45) is 3.21. The van der Waals surface area contributed by atoms with E-state index in [1.807, 2.05) is 26.0 Å². The Labute approximate surface area is 148 Å². The molecule has 25 heavy (non-hydrogen) atoms. The van der Waals surface area contributed by atoms with Gasteiger partial charge in [0, 0.05) is 12.0 Å². The fourth-order valence-corrected chi connectivity index (χ4v) is 2.46. The van der Waals surface area contributed by atoms with Crippen molar-refractivity contribution < 1.29 is 22.7 Å². The summed E-state index contributed by atoms with van der Waals surface area (Å²) in [5, 5.41) is 3.56. The van der Waals surface area contributed by atoms with Gasteiger partial charge < -0.3 is 10.1 Å². The van der Waals surface area contributed by atoms with Gasteiger partial charge in [-0.05, 0) is 25.0 Å². The Kier molecular flexibility index (Phi) is 8.87. The Balaban J connectivity index is 2.36. The van der Waals surface area contributed by atoms with Crippen LogP contribution in [-0.4, -0.2) is 40.0 Å². The summed E-state index contributed by atoms with van der Waals surface area (Å²) < 4.78 is 30.4. The van der Waals surface area contributed by atoms with Gasteiger partial charge in [-0.25, -0.2) is 13.1 Å². The summed E-state index contributed by atoms with van der Waals surface area (Å²) in [6, 6.07) is 7.30. The van der Waals surface area contributed by atoms with Gasteiger partial charge >= 0.3 is 5.97 Å². The Morgan fingerprint density at radius 1 is 1.20 bits per heavy atom. The second kappa shape index (κ2) is 10.6. The number of hydrogen-bond donors (Lipinski definition) is 2. The van der Waals surface area contributed by atoms with Crippen molar-refractivity contribution in [1.29, 1.82) is 0 Å². The van der Waals surface area contributed by atoms with Crippen molar-refractivity contribution in [2.75, 3.05) is 19.7 Å². The number of carbonyl (C=O) groups excluding carboxylic acids is 2. The lowest BCUT2D eigenvalue weighted by Crippen LogP contribution is -2.33. The Morgan fingerprint density at radius 2 is 1.88 bits per heavy atom. The highest BCUT2D eigenvalue weighted by Crippen LogP contribution is 2.05.